The van der Waals surface area contributed by atoms with E-state index < -0.39 is 10.4 Å². The van der Waals surface area contributed by atoms with Crippen molar-refractivity contribution in [2.24, 2.45) is 0 Å². The van der Waals surface area contributed by atoms with Crippen molar-refractivity contribution in [3.05, 3.63) is 11.7 Å². The summed E-state index contributed by atoms with van der Waals surface area (Å²) in [6.07, 6.45) is 0. The number of ether oxygens (including phenoxy) is 1. The molecule has 2 fully saturated rings. The minimum Gasteiger partial charge on any atom is -0.479 e. The van der Waals surface area contributed by atoms with Crippen LogP contribution in [0, 0.1) is 0 Å². The van der Waals surface area contributed by atoms with Crippen molar-refractivity contribution in [1.29, 1.82) is 0 Å². The third-order valence-corrected chi connectivity index (χ3v) is 1.58. The zero-order chi connectivity index (χ0) is 6.48. The summed E-state index contributed by atoms with van der Waals surface area (Å²) in [4.78, 5) is 0. The van der Waals surface area contributed by atoms with E-state index in [1.165, 1.54) is 0 Å². The Morgan fingerprint density at radius 2 is 1.89 bits per heavy atom. The lowest BCUT2D eigenvalue weighted by atomic mass is 10.7. The van der Waals surface area contributed by atoms with Crippen LogP contribution in [0.4, 0.5) is 0 Å². The van der Waals surface area contributed by atoms with Gasteiger partial charge in [0.15, 0.2) is 6.61 Å². The van der Waals surface area contributed by atoms with Gasteiger partial charge >= 0.3 is 16.3 Å². The number of rotatable bonds is 0. The smallest absolute Gasteiger partial charge is 0.479 e. The normalized spacial score (nSPS) is 27.1. The quantitative estimate of drug-likeness (QED) is 0.434. The average Bonchev–Trinajstić information content (AvgIpc) is 2.37. The minimum absolute atomic E-state index is 0.0185. The van der Waals surface area contributed by atoms with Gasteiger partial charge in [-0.1, -0.05) is 0 Å². The van der Waals surface area contributed by atoms with Crippen molar-refractivity contribution in [2.45, 2.75) is 0 Å². The standard InChI is InChI=1S/C3H2O5S/c4-9(5)7-3(8-9)2-1-6-2/h1H2. The molecule has 0 aliphatic carbocycles. The predicted octanol–water partition coefficient (Wildman–Crippen LogP) is -0.523. The van der Waals surface area contributed by atoms with Crippen molar-refractivity contribution < 1.29 is 21.5 Å². The Labute approximate surface area is 51.2 Å². The zero-order valence-corrected chi connectivity index (χ0v) is 4.97. The fourth-order valence-corrected chi connectivity index (χ4v) is 1.01. The molecule has 0 bridgehead atoms. The molecule has 0 amide bonds. The maximum absolute atomic E-state index is 10.1. The van der Waals surface area contributed by atoms with E-state index in [0.717, 1.165) is 0 Å². The van der Waals surface area contributed by atoms with Crippen LogP contribution in [0.15, 0.2) is 11.7 Å². The molecule has 0 N–H and O–H groups in total. The predicted molar refractivity (Wildman–Crippen MR) is 24.1 cm³/mol. The lowest BCUT2D eigenvalue weighted by molar-refractivity contribution is 0.113. The number of hydrogen-bond acceptors (Lipinski definition) is 5. The molecule has 2 heterocycles. The van der Waals surface area contributed by atoms with Gasteiger partial charge in [-0.05, 0) is 0 Å². The topological polar surface area (TPSA) is 65.1 Å². The fourth-order valence-electron chi connectivity index (χ4n) is 0.439. The summed E-state index contributed by atoms with van der Waals surface area (Å²) in [6, 6.07) is 0. The third-order valence-electron chi connectivity index (χ3n) is 0.872. The fraction of sp³-hybridized carbons (Fsp3) is 0.333. The van der Waals surface area contributed by atoms with Crippen LogP contribution in [0.2, 0.25) is 0 Å². The van der Waals surface area contributed by atoms with Crippen molar-refractivity contribution in [3.63, 3.8) is 0 Å². The lowest BCUT2D eigenvalue weighted by Crippen LogP contribution is -2.22. The van der Waals surface area contributed by atoms with E-state index in [2.05, 4.69) is 13.1 Å². The minimum atomic E-state index is -3.67. The molecule has 2 aliphatic rings. The molecule has 2 saturated heterocycles. The number of epoxide rings is 1. The molecule has 2 rings (SSSR count). The SMILES string of the molecule is O=S1(=O)OC(=C2CO2)O1. The highest BCUT2D eigenvalue weighted by Crippen LogP contribution is 2.31. The van der Waals surface area contributed by atoms with E-state index in [1.807, 2.05) is 0 Å². The third kappa shape index (κ3) is 0.710. The average molecular weight is 150 g/mol. The first kappa shape index (κ1) is 4.92. The summed E-state index contributed by atoms with van der Waals surface area (Å²) in [6.45, 7) is 0.408. The molecule has 0 aromatic rings. The van der Waals surface area contributed by atoms with E-state index in [0.29, 0.717) is 12.4 Å². The highest BCUT2D eigenvalue weighted by atomic mass is 32.3. The van der Waals surface area contributed by atoms with Crippen LogP contribution in [-0.4, -0.2) is 15.0 Å². The summed E-state index contributed by atoms with van der Waals surface area (Å²) in [5.74, 6) is 0.444. The molecule has 0 unspecified atom stereocenters. The summed E-state index contributed by atoms with van der Waals surface area (Å²) in [7, 11) is -3.67. The molecule has 0 atom stereocenters. The molecule has 6 heteroatoms. The molecular formula is C3H2O5S. The highest BCUT2D eigenvalue weighted by Gasteiger charge is 2.40. The molecule has 2 aliphatic heterocycles. The van der Waals surface area contributed by atoms with Gasteiger partial charge in [0.2, 0.25) is 5.76 Å². The largest absolute Gasteiger partial charge is 0.506 e. The second kappa shape index (κ2) is 1.15. The van der Waals surface area contributed by atoms with Crippen molar-refractivity contribution in [1.82, 2.24) is 0 Å². The van der Waals surface area contributed by atoms with E-state index >= 15 is 0 Å². The molecular weight excluding hydrogens is 148 g/mol. The molecule has 9 heavy (non-hydrogen) atoms. The van der Waals surface area contributed by atoms with Crippen LogP contribution in [0.25, 0.3) is 0 Å². The van der Waals surface area contributed by atoms with Crippen LogP contribution in [-0.2, 0) is 23.5 Å². The van der Waals surface area contributed by atoms with E-state index in [9.17, 15) is 8.42 Å². The Morgan fingerprint density at radius 3 is 2.22 bits per heavy atom. The van der Waals surface area contributed by atoms with E-state index in [4.69, 9.17) is 0 Å². The first-order valence-electron chi connectivity index (χ1n) is 2.17. The van der Waals surface area contributed by atoms with Gasteiger partial charge in [0.05, 0.1) is 0 Å². The van der Waals surface area contributed by atoms with Crippen molar-refractivity contribution >= 4 is 10.4 Å². The molecule has 0 spiro atoms. The second-order valence-electron chi connectivity index (χ2n) is 1.57. The van der Waals surface area contributed by atoms with Gasteiger partial charge in [-0.2, -0.15) is 0 Å². The van der Waals surface area contributed by atoms with E-state index in [-0.39, 0.29) is 5.95 Å². The Bertz CT molecular complexity index is 253. The summed E-state index contributed by atoms with van der Waals surface area (Å²) in [5, 5.41) is 0. The van der Waals surface area contributed by atoms with Gasteiger partial charge < -0.3 is 13.1 Å². The van der Waals surface area contributed by atoms with Crippen molar-refractivity contribution in [2.75, 3.05) is 6.61 Å². The second-order valence-corrected chi connectivity index (χ2v) is 2.72. The van der Waals surface area contributed by atoms with E-state index in [1.54, 1.807) is 0 Å². The van der Waals surface area contributed by atoms with Gasteiger partial charge in [-0.15, -0.1) is 8.42 Å². The summed E-state index contributed by atoms with van der Waals surface area (Å²) in [5.41, 5.74) is 0. The van der Waals surface area contributed by atoms with Crippen LogP contribution in [0.1, 0.15) is 0 Å². The van der Waals surface area contributed by atoms with Crippen LogP contribution < -0.4 is 0 Å². The number of hydrogen-bond donors (Lipinski definition) is 0. The molecule has 0 radical (unpaired) electrons. The van der Waals surface area contributed by atoms with Gasteiger partial charge in [-0.25, -0.2) is 0 Å². The lowest BCUT2D eigenvalue weighted by Gasteiger charge is -2.14. The molecule has 50 valence electrons. The Kier molecular flexibility index (Phi) is 0.631. The molecule has 0 saturated carbocycles. The zero-order valence-electron chi connectivity index (χ0n) is 4.16. The highest BCUT2D eigenvalue weighted by molar-refractivity contribution is 7.83. The molecule has 0 aromatic heterocycles. The van der Waals surface area contributed by atoms with Crippen LogP contribution >= 0.6 is 0 Å². The van der Waals surface area contributed by atoms with Gasteiger partial charge in [-0.3, -0.25) is 0 Å². The van der Waals surface area contributed by atoms with Crippen LogP contribution in [0.5, 0.6) is 0 Å². The Morgan fingerprint density at radius 1 is 1.33 bits per heavy atom. The molecule has 5 nitrogen and oxygen atoms in total. The first-order valence-corrected chi connectivity index (χ1v) is 3.50. The maximum Gasteiger partial charge on any atom is 0.506 e. The summed E-state index contributed by atoms with van der Waals surface area (Å²) >= 11 is 0. The maximum atomic E-state index is 10.1. The van der Waals surface area contributed by atoms with Gasteiger partial charge in [0.25, 0.3) is 0 Å². The summed E-state index contributed by atoms with van der Waals surface area (Å²) < 4.78 is 33.1. The Hall–Kier alpha value is -0.910. The monoisotopic (exact) mass is 150 g/mol. The van der Waals surface area contributed by atoms with Crippen LogP contribution in [0.3, 0.4) is 0 Å². The van der Waals surface area contributed by atoms with Gasteiger partial charge in [0.1, 0.15) is 0 Å². The van der Waals surface area contributed by atoms with Gasteiger partial charge in [0, 0.05) is 0 Å². The van der Waals surface area contributed by atoms with Crippen molar-refractivity contribution in [3.8, 4) is 0 Å². The first-order chi connectivity index (χ1) is 4.17. The Balaban J connectivity index is 2.22. The molecule has 0 aromatic carbocycles.